The molecule has 1 aliphatic heterocycles. The smallest absolute Gasteiger partial charge is 0.290 e. The zero-order chi connectivity index (χ0) is 21.5. The van der Waals surface area contributed by atoms with Gasteiger partial charge in [0.1, 0.15) is 5.58 Å². The van der Waals surface area contributed by atoms with E-state index in [4.69, 9.17) is 4.42 Å². The number of amides is 1. The highest BCUT2D eigenvalue weighted by atomic mass is 79.9. The van der Waals surface area contributed by atoms with Crippen molar-refractivity contribution in [3.8, 4) is 0 Å². The van der Waals surface area contributed by atoms with Crippen molar-refractivity contribution in [2.45, 2.75) is 19.4 Å². The van der Waals surface area contributed by atoms with Crippen LogP contribution in [0.5, 0.6) is 0 Å². The Morgan fingerprint density at radius 3 is 2.45 bits per heavy atom. The van der Waals surface area contributed by atoms with Gasteiger partial charge < -0.3 is 9.32 Å². The second-order valence-corrected chi connectivity index (χ2v) is 8.78. The summed E-state index contributed by atoms with van der Waals surface area (Å²) in [5, 5.41) is 0.475. The van der Waals surface area contributed by atoms with E-state index in [0.717, 1.165) is 21.2 Å². The lowest BCUT2D eigenvalue weighted by atomic mass is 9.97. The van der Waals surface area contributed by atoms with Gasteiger partial charge in [-0.3, -0.25) is 9.59 Å². The molecular weight excluding hydrogens is 454 g/mol. The molecule has 0 fully saturated rings. The lowest BCUT2D eigenvalue weighted by molar-refractivity contribution is 0.0730. The van der Waals surface area contributed by atoms with E-state index in [1.807, 2.05) is 67.6 Å². The summed E-state index contributed by atoms with van der Waals surface area (Å²) in [6.45, 7) is 2.51. The molecule has 0 aliphatic carbocycles. The summed E-state index contributed by atoms with van der Waals surface area (Å²) < 4.78 is 6.79. The molecule has 1 amide bonds. The molecule has 2 heterocycles. The Kier molecular flexibility index (Phi) is 4.98. The monoisotopic (exact) mass is 473 g/mol. The van der Waals surface area contributed by atoms with Crippen molar-refractivity contribution in [2.24, 2.45) is 0 Å². The highest BCUT2D eigenvalue weighted by Gasteiger charge is 2.42. The molecule has 5 heteroatoms. The van der Waals surface area contributed by atoms with Gasteiger partial charge in [-0.05, 0) is 42.7 Å². The fourth-order valence-electron chi connectivity index (χ4n) is 4.21. The van der Waals surface area contributed by atoms with Crippen LogP contribution < -0.4 is 5.43 Å². The quantitative estimate of drug-likeness (QED) is 0.384. The third-order valence-electron chi connectivity index (χ3n) is 5.81. The Balaban J connectivity index is 1.66. The van der Waals surface area contributed by atoms with Crippen LogP contribution in [0, 0.1) is 6.92 Å². The summed E-state index contributed by atoms with van der Waals surface area (Å²) in [5.74, 6) is -0.0862. The van der Waals surface area contributed by atoms with Crippen LogP contribution in [0.4, 0.5) is 0 Å². The summed E-state index contributed by atoms with van der Waals surface area (Å²) in [6.07, 6.45) is 0.697. The van der Waals surface area contributed by atoms with Gasteiger partial charge in [0.25, 0.3) is 5.91 Å². The first-order valence-corrected chi connectivity index (χ1v) is 11.0. The van der Waals surface area contributed by atoms with Crippen LogP contribution in [0.3, 0.4) is 0 Å². The maximum absolute atomic E-state index is 13.5. The summed E-state index contributed by atoms with van der Waals surface area (Å²) in [5.41, 5.74) is 3.87. The number of aryl methyl sites for hydroxylation is 1. The highest BCUT2D eigenvalue weighted by Crippen LogP contribution is 2.38. The topological polar surface area (TPSA) is 50.5 Å². The molecule has 1 atom stereocenters. The normalized spacial score (nSPS) is 15.5. The Morgan fingerprint density at radius 2 is 1.71 bits per heavy atom. The number of hydrogen-bond acceptors (Lipinski definition) is 3. The number of carbonyl (C=O) groups excluding carboxylic acids is 1. The lowest BCUT2D eigenvalue weighted by Gasteiger charge is -2.25. The van der Waals surface area contributed by atoms with Gasteiger partial charge in [0.15, 0.2) is 5.43 Å². The predicted octanol–water partition coefficient (Wildman–Crippen LogP) is 5.65. The van der Waals surface area contributed by atoms with Gasteiger partial charge >= 0.3 is 0 Å². The molecule has 0 bridgehead atoms. The van der Waals surface area contributed by atoms with Crippen molar-refractivity contribution < 1.29 is 9.21 Å². The molecule has 1 aromatic heterocycles. The van der Waals surface area contributed by atoms with E-state index >= 15 is 0 Å². The third kappa shape index (κ3) is 3.49. The van der Waals surface area contributed by atoms with Crippen molar-refractivity contribution in [3.05, 3.63) is 116 Å². The summed E-state index contributed by atoms with van der Waals surface area (Å²) in [7, 11) is 0. The summed E-state index contributed by atoms with van der Waals surface area (Å²) >= 11 is 3.43. The van der Waals surface area contributed by atoms with Crippen molar-refractivity contribution in [1.82, 2.24) is 4.90 Å². The molecule has 5 rings (SSSR count). The Hall–Kier alpha value is -3.18. The Bertz CT molecular complexity index is 1340. The number of nitrogens with zero attached hydrogens (tertiary/aromatic N) is 1. The first kappa shape index (κ1) is 19.8. The molecule has 0 spiro atoms. The number of benzene rings is 3. The fourth-order valence-corrected chi connectivity index (χ4v) is 4.57. The van der Waals surface area contributed by atoms with Crippen LogP contribution >= 0.6 is 15.9 Å². The number of fused-ring (bicyclic) bond motifs is 2. The molecule has 0 N–H and O–H groups in total. The van der Waals surface area contributed by atoms with Crippen LogP contribution in [0.25, 0.3) is 11.0 Å². The highest BCUT2D eigenvalue weighted by molar-refractivity contribution is 9.10. The average molecular weight is 474 g/mol. The molecule has 3 aromatic carbocycles. The SMILES string of the molecule is Cc1ccc(C2c3c(oc4ccc(Br)cc4c3=O)C(=O)N2CCc2ccccc2)cc1. The van der Waals surface area contributed by atoms with Crippen molar-refractivity contribution in [2.75, 3.05) is 6.54 Å². The van der Waals surface area contributed by atoms with Crippen LogP contribution in [-0.2, 0) is 6.42 Å². The van der Waals surface area contributed by atoms with Crippen molar-refractivity contribution >= 4 is 32.8 Å². The van der Waals surface area contributed by atoms with Crippen LogP contribution in [0.15, 0.2) is 86.5 Å². The summed E-state index contributed by atoms with van der Waals surface area (Å²) in [4.78, 5) is 28.7. The van der Waals surface area contributed by atoms with Crippen LogP contribution in [-0.4, -0.2) is 17.4 Å². The van der Waals surface area contributed by atoms with E-state index in [1.165, 1.54) is 0 Å². The molecule has 0 radical (unpaired) electrons. The van der Waals surface area contributed by atoms with Crippen LogP contribution in [0.2, 0.25) is 0 Å². The Labute approximate surface area is 188 Å². The number of rotatable bonds is 4. The number of carbonyl (C=O) groups is 1. The molecular formula is C26H20BrNO3. The fraction of sp³-hybridized carbons (Fsp3) is 0.154. The zero-order valence-corrected chi connectivity index (χ0v) is 18.6. The predicted molar refractivity (Wildman–Crippen MR) is 124 cm³/mol. The van der Waals surface area contributed by atoms with E-state index in [9.17, 15) is 9.59 Å². The maximum Gasteiger partial charge on any atom is 0.290 e. The van der Waals surface area contributed by atoms with E-state index in [2.05, 4.69) is 15.9 Å². The van der Waals surface area contributed by atoms with Crippen molar-refractivity contribution in [1.29, 1.82) is 0 Å². The molecule has 0 saturated heterocycles. The molecule has 4 nitrogen and oxygen atoms in total. The second-order valence-electron chi connectivity index (χ2n) is 7.86. The van der Waals surface area contributed by atoms with Gasteiger partial charge in [-0.1, -0.05) is 76.1 Å². The van der Waals surface area contributed by atoms with Gasteiger partial charge in [-0.2, -0.15) is 0 Å². The van der Waals surface area contributed by atoms with Crippen LogP contribution in [0.1, 0.15) is 38.9 Å². The molecule has 0 saturated carbocycles. The molecule has 4 aromatic rings. The number of halogens is 1. The minimum atomic E-state index is -0.466. The van der Waals surface area contributed by atoms with Gasteiger partial charge in [-0.25, -0.2) is 0 Å². The standard InChI is InChI=1S/C26H20BrNO3/c1-16-7-9-18(10-8-16)23-22-24(29)20-15-19(27)11-12-21(20)31-25(22)26(30)28(23)14-13-17-5-3-2-4-6-17/h2-12,15,23H,13-14H2,1H3. The first-order chi connectivity index (χ1) is 15.0. The van der Waals surface area contributed by atoms with E-state index in [1.54, 1.807) is 17.0 Å². The van der Waals surface area contributed by atoms with Gasteiger partial charge in [0, 0.05) is 11.0 Å². The Morgan fingerprint density at radius 1 is 0.968 bits per heavy atom. The third-order valence-corrected chi connectivity index (χ3v) is 6.30. The minimum Gasteiger partial charge on any atom is -0.450 e. The largest absolute Gasteiger partial charge is 0.450 e. The zero-order valence-electron chi connectivity index (χ0n) is 17.0. The summed E-state index contributed by atoms with van der Waals surface area (Å²) in [6, 6.07) is 22.9. The van der Waals surface area contributed by atoms with Crippen molar-refractivity contribution in [3.63, 3.8) is 0 Å². The molecule has 31 heavy (non-hydrogen) atoms. The van der Waals surface area contributed by atoms with Gasteiger partial charge in [0.05, 0.1) is 17.0 Å². The molecule has 1 aliphatic rings. The molecule has 154 valence electrons. The van der Waals surface area contributed by atoms with Gasteiger partial charge in [0.2, 0.25) is 5.76 Å². The lowest BCUT2D eigenvalue weighted by Crippen LogP contribution is -2.31. The first-order valence-electron chi connectivity index (χ1n) is 10.2. The molecule has 1 unspecified atom stereocenters. The minimum absolute atomic E-state index is 0.151. The van der Waals surface area contributed by atoms with E-state index in [0.29, 0.717) is 29.5 Å². The average Bonchev–Trinajstić information content (AvgIpc) is 3.06. The maximum atomic E-state index is 13.5. The second kappa shape index (κ2) is 7.82. The van der Waals surface area contributed by atoms with E-state index in [-0.39, 0.29) is 17.1 Å². The number of hydrogen-bond donors (Lipinski definition) is 0. The van der Waals surface area contributed by atoms with E-state index < -0.39 is 6.04 Å². The van der Waals surface area contributed by atoms with Gasteiger partial charge in [-0.15, -0.1) is 0 Å².